The van der Waals surface area contributed by atoms with Crippen molar-refractivity contribution in [2.75, 3.05) is 13.2 Å². The lowest BCUT2D eigenvalue weighted by Crippen LogP contribution is -2.19. The van der Waals surface area contributed by atoms with Crippen molar-refractivity contribution >= 4 is 6.29 Å². The van der Waals surface area contributed by atoms with Gasteiger partial charge >= 0.3 is 0 Å². The predicted molar refractivity (Wildman–Crippen MR) is 58.5 cm³/mol. The smallest absolute Gasteiger partial charge is 0.150 e. The van der Waals surface area contributed by atoms with E-state index in [2.05, 4.69) is 5.32 Å². The van der Waals surface area contributed by atoms with Crippen LogP contribution in [-0.2, 0) is 13.1 Å². The number of nitrogens with one attached hydrogen (secondary N) is 1. The second-order valence-corrected chi connectivity index (χ2v) is 3.25. The fourth-order valence-electron chi connectivity index (χ4n) is 1.38. The Morgan fingerprint density at radius 3 is 2.80 bits per heavy atom. The second kappa shape index (κ2) is 6.29. The molecule has 4 heteroatoms. The van der Waals surface area contributed by atoms with E-state index in [1.54, 1.807) is 12.1 Å². The van der Waals surface area contributed by atoms with Crippen LogP contribution in [0.4, 0.5) is 0 Å². The van der Waals surface area contributed by atoms with Crippen LogP contribution in [0.1, 0.15) is 21.5 Å². The summed E-state index contributed by atoms with van der Waals surface area (Å²) in [5.74, 6) is 0. The van der Waals surface area contributed by atoms with Crippen LogP contribution in [0.5, 0.6) is 0 Å². The molecule has 0 atom stereocenters. The van der Waals surface area contributed by atoms with E-state index in [1.807, 2.05) is 6.07 Å². The molecule has 1 aromatic carbocycles. The summed E-state index contributed by atoms with van der Waals surface area (Å²) in [6.45, 7) is 1.74. The number of hydrogen-bond donors (Lipinski definition) is 3. The average Bonchev–Trinajstić information content (AvgIpc) is 2.29. The van der Waals surface area contributed by atoms with Crippen molar-refractivity contribution < 1.29 is 9.90 Å². The lowest BCUT2D eigenvalue weighted by molar-refractivity contribution is 0.112. The van der Waals surface area contributed by atoms with Crippen LogP contribution in [-0.4, -0.2) is 24.5 Å². The molecule has 0 aliphatic rings. The Bertz CT molecular complexity index is 326. The lowest BCUT2D eigenvalue weighted by Gasteiger charge is -2.09. The van der Waals surface area contributed by atoms with Crippen LogP contribution in [0.25, 0.3) is 0 Å². The summed E-state index contributed by atoms with van der Waals surface area (Å²) < 4.78 is 0. The summed E-state index contributed by atoms with van der Waals surface area (Å²) in [4.78, 5) is 10.6. The summed E-state index contributed by atoms with van der Waals surface area (Å²) in [5.41, 5.74) is 8.25. The third kappa shape index (κ3) is 3.43. The topological polar surface area (TPSA) is 75.4 Å². The molecule has 0 unspecified atom stereocenters. The van der Waals surface area contributed by atoms with Crippen LogP contribution in [0.3, 0.4) is 0 Å². The molecular weight excluding hydrogens is 192 g/mol. The zero-order chi connectivity index (χ0) is 11.1. The predicted octanol–water partition coefficient (Wildman–Crippen LogP) is 0.0397. The van der Waals surface area contributed by atoms with E-state index in [-0.39, 0.29) is 6.61 Å². The fourth-order valence-corrected chi connectivity index (χ4v) is 1.38. The molecule has 0 amide bonds. The Balaban J connectivity index is 2.73. The highest BCUT2D eigenvalue weighted by Gasteiger charge is 2.01. The molecule has 4 N–H and O–H groups in total. The van der Waals surface area contributed by atoms with Crippen LogP contribution in [0, 0.1) is 0 Å². The van der Waals surface area contributed by atoms with E-state index in [9.17, 15) is 4.79 Å². The van der Waals surface area contributed by atoms with Gasteiger partial charge in [-0.1, -0.05) is 12.1 Å². The third-order valence-corrected chi connectivity index (χ3v) is 2.19. The van der Waals surface area contributed by atoms with Gasteiger partial charge in [0.25, 0.3) is 0 Å². The molecule has 0 aromatic heterocycles. The molecule has 82 valence electrons. The Morgan fingerprint density at radius 2 is 2.20 bits per heavy atom. The Kier molecular flexibility index (Phi) is 4.97. The molecule has 0 saturated heterocycles. The molecule has 0 fully saturated rings. The van der Waals surface area contributed by atoms with Crippen molar-refractivity contribution in [2.45, 2.75) is 13.1 Å². The van der Waals surface area contributed by atoms with Crippen molar-refractivity contribution in [2.24, 2.45) is 5.73 Å². The molecule has 1 aromatic rings. The quantitative estimate of drug-likeness (QED) is 0.456. The molecule has 0 aliphatic heterocycles. The van der Waals surface area contributed by atoms with Gasteiger partial charge in [0.15, 0.2) is 0 Å². The second-order valence-electron chi connectivity index (χ2n) is 3.25. The average molecular weight is 208 g/mol. The lowest BCUT2D eigenvalue weighted by atomic mass is 10.0. The van der Waals surface area contributed by atoms with Gasteiger partial charge in [0, 0.05) is 25.2 Å². The standard InChI is InChI=1S/C11H16N2O2/c12-6-11-5-9(8-15)1-2-10(11)7-13-3-4-14/h1-2,5,8,13-14H,3-4,6-7,12H2. The van der Waals surface area contributed by atoms with Gasteiger partial charge in [0.2, 0.25) is 0 Å². The van der Waals surface area contributed by atoms with Crippen LogP contribution >= 0.6 is 0 Å². The molecule has 4 nitrogen and oxygen atoms in total. The number of nitrogens with two attached hydrogens (primary N) is 1. The van der Waals surface area contributed by atoms with Gasteiger partial charge in [-0.3, -0.25) is 4.79 Å². The monoisotopic (exact) mass is 208 g/mol. The maximum absolute atomic E-state index is 10.6. The minimum atomic E-state index is 0.115. The fraction of sp³-hybridized carbons (Fsp3) is 0.364. The number of carbonyl (C=O) groups excluding carboxylic acids is 1. The number of aliphatic hydroxyl groups is 1. The Morgan fingerprint density at radius 1 is 1.40 bits per heavy atom. The van der Waals surface area contributed by atoms with Crippen molar-refractivity contribution in [3.63, 3.8) is 0 Å². The van der Waals surface area contributed by atoms with E-state index >= 15 is 0 Å². The van der Waals surface area contributed by atoms with Gasteiger partial charge in [-0.2, -0.15) is 0 Å². The summed E-state index contributed by atoms with van der Waals surface area (Å²) in [5, 5.41) is 11.7. The van der Waals surface area contributed by atoms with Gasteiger partial charge in [-0.15, -0.1) is 0 Å². The summed E-state index contributed by atoms with van der Waals surface area (Å²) in [7, 11) is 0. The number of aliphatic hydroxyl groups excluding tert-OH is 1. The van der Waals surface area contributed by atoms with Crippen LogP contribution < -0.4 is 11.1 Å². The number of benzene rings is 1. The largest absolute Gasteiger partial charge is 0.395 e. The maximum Gasteiger partial charge on any atom is 0.150 e. The number of rotatable bonds is 6. The SMILES string of the molecule is NCc1cc(C=O)ccc1CNCCO. The van der Waals surface area contributed by atoms with Gasteiger partial charge in [-0.05, 0) is 17.2 Å². The van der Waals surface area contributed by atoms with E-state index in [4.69, 9.17) is 10.8 Å². The van der Waals surface area contributed by atoms with Crippen molar-refractivity contribution in [1.29, 1.82) is 0 Å². The Hall–Kier alpha value is -1.23. The van der Waals surface area contributed by atoms with E-state index in [0.29, 0.717) is 25.2 Å². The first kappa shape index (κ1) is 11.8. The molecule has 15 heavy (non-hydrogen) atoms. The zero-order valence-corrected chi connectivity index (χ0v) is 8.57. The van der Waals surface area contributed by atoms with Crippen LogP contribution in [0.15, 0.2) is 18.2 Å². The summed E-state index contributed by atoms with van der Waals surface area (Å²) in [6, 6.07) is 5.45. The van der Waals surface area contributed by atoms with Crippen LogP contribution in [0.2, 0.25) is 0 Å². The van der Waals surface area contributed by atoms with Crippen molar-refractivity contribution in [1.82, 2.24) is 5.32 Å². The first-order chi connectivity index (χ1) is 7.31. The molecule has 0 aliphatic carbocycles. The molecule has 0 saturated carbocycles. The highest BCUT2D eigenvalue weighted by atomic mass is 16.3. The minimum absolute atomic E-state index is 0.115. The Labute approximate surface area is 89.1 Å². The molecular formula is C11H16N2O2. The highest BCUT2D eigenvalue weighted by molar-refractivity contribution is 5.75. The number of hydrogen-bond acceptors (Lipinski definition) is 4. The first-order valence-electron chi connectivity index (χ1n) is 4.90. The summed E-state index contributed by atoms with van der Waals surface area (Å²) >= 11 is 0. The third-order valence-electron chi connectivity index (χ3n) is 2.19. The van der Waals surface area contributed by atoms with E-state index in [0.717, 1.165) is 17.4 Å². The molecule has 0 heterocycles. The van der Waals surface area contributed by atoms with Gasteiger partial charge in [0.1, 0.15) is 6.29 Å². The first-order valence-corrected chi connectivity index (χ1v) is 4.90. The zero-order valence-electron chi connectivity index (χ0n) is 8.57. The number of carbonyl (C=O) groups is 1. The van der Waals surface area contributed by atoms with Gasteiger partial charge in [0.05, 0.1) is 6.61 Å². The number of aldehydes is 1. The van der Waals surface area contributed by atoms with Gasteiger partial charge in [-0.25, -0.2) is 0 Å². The molecule has 0 spiro atoms. The minimum Gasteiger partial charge on any atom is -0.395 e. The van der Waals surface area contributed by atoms with E-state index < -0.39 is 0 Å². The molecule has 0 radical (unpaired) electrons. The molecule has 1 rings (SSSR count). The van der Waals surface area contributed by atoms with Crippen molar-refractivity contribution in [3.05, 3.63) is 34.9 Å². The summed E-state index contributed by atoms with van der Waals surface area (Å²) in [6.07, 6.45) is 0.810. The maximum atomic E-state index is 10.6. The van der Waals surface area contributed by atoms with E-state index in [1.165, 1.54) is 0 Å². The normalized spacial score (nSPS) is 10.3. The van der Waals surface area contributed by atoms with Gasteiger partial charge < -0.3 is 16.2 Å². The molecule has 0 bridgehead atoms. The highest BCUT2D eigenvalue weighted by Crippen LogP contribution is 2.10. The van der Waals surface area contributed by atoms with Crippen molar-refractivity contribution in [3.8, 4) is 0 Å².